The zero-order valence-corrected chi connectivity index (χ0v) is 30.4. The molecule has 0 aliphatic heterocycles. The summed E-state index contributed by atoms with van der Waals surface area (Å²) >= 11 is 0. The molecule has 0 aliphatic rings. The molecule has 0 fully saturated rings. The number of nitrogens with one attached hydrogen (secondary N) is 2. The van der Waals surface area contributed by atoms with Gasteiger partial charge < -0.3 is 34.7 Å². The SMILES string of the molecule is CCn1nc(C)cc1C(=O)/N=c1\[nH]c2cc(C(N)=O)ccc2n1C/C=C/Cn1/c(=N/C(=O)c2cc(C)nn2CC)[nH]c2cc(C)cc(OCCCO)c21. The highest BCUT2D eigenvalue weighted by Crippen LogP contribution is 2.26. The van der Waals surface area contributed by atoms with Gasteiger partial charge in [0, 0.05) is 44.8 Å². The van der Waals surface area contributed by atoms with E-state index in [0.29, 0.717) is 82.4 Å². The Hall–Kier alpha value is -6.29. The first kappa shape index (κ1) is 36.5. The van der Waals surface area contributed by atoms with Gasteiger partial charge in [0.15, 0.2) is 0 Å². The van der Waals surface area contributed by atoms with Crippen molar-refractivity contribution in [3.05, 3.63) is 99.8 Å². The fourth-order valence-corrected chi connectivity index (χ4v) is 6.22. The van der Waals surface area contributed by atoms with Gasteiger partial charge in [-0.3, -0.25) is 23.7 Å². The minimum atomic E-state index is -0.579. The molecule has 0 bridgehead atoms. The number of aliphatic hydroxyl groups excluding tert-OH is 1. The minimum Gasteiger partial charge on any atom is -0.491 e. The number of nitrogens with two attached hydrogens (primary N) is 1. The second-order valence-electron chi connectivity index (χ2n) is 12.6. The molecule has 3 amide bonds. The molecule has 4 aromatic heterocycles. The highest BCUT2D eigenvalue weighted by molar-refractivity contribution is 5.97. The number of nitrogens with zero attached hydrogens (tertiary/aromatic N) is 8. The summed E-state index contributed by atoms with van der Waals surface area (Å²) in [6, 6.07) is 12.3. The van der Waals surface area contributed by atoms with Crippen LogP contribution in [0, 0.1) is 20.8 Å². The first-order valence-corrected chi connectivity index (χ1v) is 17.4. The summed E-state index contributed by atoms with van der Waals surface area (Å²) in [4.78, 5) is 54.3. The Morgan fingerprint density at radius 2 is 1.42 bits per heavy atom. The molecule has 0 unspecified atom stereocenters. The fourth-order valence-electron chi connectivity index (χ4n) is 6.22. The molecule has 0 atom stereocenters. The van der Waals surface area contributed by atoms with Crippen LogP contribution >= 0.6 is 0 Å². The van der Waals surface area contributed by atoms with Crippen LogP contribution in [0.1, 0.15) is 68.6 Å². The number of hydrogen-bond acceptors (Lipinski definition) is 7. The van der Waals surface area contributed by atoms with Gasteiger partial charge in [0.2, 0.25) is 17.1 Å². The van der Waals surface area contributed by atoms with Crippen LogP contribution in [0.25, 0.3) is 22.1 Å². The molecule has 0 radical (unpaired) electrons. The zero-order chi connectivity index (χ0) is 37.8. The van der Waals surface area contributed by atoms with Crippen LogP contribution in [0.2, 0.25) is 0 Å². The second-order valence-corrected chi connectivity index (χ2v) is 12.6. The van der Waals surface area contributed by atoms with Gasteiger partial charge in [-0.1, -0.05) is 12.2 Å². The topological polar surface area (TPSA) is 208 Å². The Morgan fingerprint density at radius 3 is 2.00 bits per heavy atom. The average molecular weight is 722 g/mol. The van der Waals surface area contributed by atoms with E-state index in [-0.39, 0.29) is 25.3 Å². The smallest absolute Gasteiger partial charge is 0.298 e. The Balaban J connectivity index is 1.41. The highest BCUT2D eigenvalue weighted by Gasteiger charge is 2.17. The number of hydrogen-bond donors (Lipinski definition) is 4. The standard InChI is InChI=1S/C37H43N11O5/c1-6-47-29(19-23(4)43-47)34(51)41-36-39-26-21-25(33(38)50)11-12-28(26)45(36)13-8-9-14-46-32-27(17-22(3)18-31(32)53-16-10-15-49)40-37(46)42-35(52)30-20-24(5)44-48(30)7-2/h8-9,11-12,17-21,49H,6-7,10,13-16H2,1-5H3,(H2,38,50)(H,39,41,51)(H,40,42,52)/b9-8+. The summed E-state index contributed by atoms with van der Waals surface area (Å²) in [5.41, 5.74) is 12.2. The number of amides is 3. The molecule has 6 aromatic rings. The van der Waals surface area contributed by atoms with Gasteiger partial charge in [0.25, 0.3) is 11.8 Å². The van der Waals surface area contributed by atoms with Crippen molar-refractivity contribution in [1.82, 2.24) is 38.7 Å². The summed E-state index contributed by atoms with van der Waals surface area (Å²) in [5.74, 6) is -0.916. The number of aromatic amines is 2. The highest BCUT2D eigenvalue weighted by atomic mass is 16.5. The Labute approximate surface area is 303 Å². The van der Waals surface area contributed by atoms with Crippen LogP contribution in [0.15, 0.2) is 64.6 Å². The molecule has 16 heteroatoms. The van der Waals surface area contributed by atoms with E-state index in [1.165, 1.54) is 0 Å². The molecule has 0 spiro atoms. The third-order valence-electron chi connectivity index (χ3n) is 8.62. The largest absolute Gasteiger partial charge is 0.491 e. The number of H-pyrrole nitrogens is 2. The van der Waals surface area contributed by atoms with Crippen LogP contribution in [0.4, 0.5) is 0 Å². The summed E-state index contributed by atoms with van der Waals surface area (Å²) in [6.45, 7) is 11.3. The van der Waals surface area contributed by atoms with Gasteiger partial charge in [-0.05, 0) is 82.6 Å². The van der Waals surface area contributed by atoms with Gasteiger partial charge in [0.05, 0.1) is 34.5 Å². The van der Waals surface area contributed by atoms with Crippen LogP contribution < -0.4 is 21.7 Å². The third-order valence-corrected chi connectivity index (χ3v) is 8.62. The molecule has 276 valence electrons. The van der Waals surface area contributed by atoms with Gasteiger partial charge >= 0.3 is 0 Å². The molecule has 5 N–H and O–H groups in total. The van der Waals surface area contributed by atoms with Crippen molar-refractivity contribution in [3.63, 3.8) is 0 Å². The molecular formula is C37H43N11O5. The number of carbonyl (C=O) groups is 3. The summed E-state index contributed by atoms with van der Waals surface area (Å²) in [6.07, 6.45) is 4.28. The lowest BCUT2D eigenvalue weighted by molar-refractivity contribution is 0.0978. The number of carbonyl (C=O) groups excluding carboxylic acids is 3. The number of rotatable bonds is 13. The zero-order valence-electron chi connectivity index (χ0n) is 30.4. The maximum Gasteiger partial charge on any atom is 0.298 e. The van der Waals surface area contributed by atoms with Gasteiger partial charge in [-0.25, -0.2) is 0 Å². The number of aromatic nitrogens is 8. The number of primary amides is 1. The van der Waals surface area contributed by atoms with Gasteiger partial charge in [-0.2, -0.15) is 20.2 Å². The van der Waals surface area contributed by atoms with Crippen LogP contribution in [-0.2, 0) is 26.2 Å². The van der Waals surface area contributed by atoms with Crippen molar-refractivity contribution in [2.75, 3.05) is 13.2 Å². The number of imidazole rings is 2. The molecule has 0 aliphatic carbocycles. The van der Waals surface area contributed by atoms with Gasteiger partial charge in [0.1, 0.15) is 22.7 Å². The first-order valence-electron chi connectivity index (χ1n) is 17.4. The number of aliphatic hydroxyl groups is 1. The van der Waals surface area contributed by atoms with Gasteiger partial charge in [-0.15, -0.1) is 0 Å². The van der Waals surface area contributed by atoms with E-state index in [2.05, 4.69) is 30.2 Å². The maximum absolute atomic E-state index is 13.5. The maximum atomic E-state index is 13.5. The monoisotopic (exact) mass is 721 g/mol. The molecule has 4 heterocycles. The Bertz CT molecular complexity index is 2520. The van der Waals surface area contributed by atoms with E-state index in [0.717, 1.165) is 11.1 Å². The van der Waals surface area contributed by atoms with Crippen molar-refractivity contribution in [2.24, 2.45) is 15.7 Å². The predicted octanol–water partition coefficient (Wildman–Crippen LogP) is 3.21. The number of fused-ring (bicyclic) bond motifs is 2. The fraction of sp³-hybridized carbons (Fsp3) is 0.324. The first-order chi connectivity index (χ1) is 25.5. The van der Waals surface area contributed by atoms with E-state index in [1.54, 1.807) is 39.7 Å². The Morgan fingerprint density at radius 1 is 0.830 bits per heavy atom. The van der Waals surface area contributed by atoms with E-state index < -0.39 is 17.7 Å². The van der Waals surface area contributed by atoms with Crippen LogP contribution in [-0.4, -0.2) is 74.7 Å². The van der Waals surface area contributed by atoms with Crippen LogP contribution in [0.3, 0.4) is 0 Å². The second kappa shape index (κ2) is 15.5. The van der Waals surface area contributed by atoms with E-state index in [9.17, 15) is 19.5 Å². The van der Waals surface area contributed by atoms with Crippen molar-refractivity contribution in [1.29, 1.82) is 0 Å². The lowest BCUT2D eigenvalue weighted by atomic mass is 10.2. The normalized spacial score (nSPS) is 12.6. The van der Waals surface area contributed by atoms with Crippen LogP contribution in [0.5, 0.6) is 5.75 Å². The lowest BCUT2D eigenvalue weighted by Gasteiger charge is -2.10. The predicted molar refractivity (Wildman–Crippen MR) is 197 cm³/mol. The molecule has 0 saturated heterocycles. The number of allylic oxidation sites excluding steroid dienone is 2. The molecule has 6 rings (SSSR count). The van der Waals surface area contributed by atoms with E-state index in [1.807, 2.05) is 68.0 Å². The van der Waals surface area contributed by atoms with E-state index >= 15 is 0 Å². The minimum absolute atomic E-state index is 0.0124. The Kier molecular flexibility index (Phi) is 10.7. The average Bonchev–Trinajstić information content (AvgIpc) is 3.88. The number of benzene rings is 2. The van der Waals surface area contributed by atoms with E-state index in [4.69, 9.17) is 10.5 Å². The third kappa shape index (κ3) is 7.67. The van der Waals surface area contributed by atoms with Crippen molar-refractivity contribution >= 4 is 39.8 Å². The van der Waals surface area contributed by atoms with Crippen molar-refractivity contribution < 1.29 is 24.2 Å². The molecular weight excluding hydrogens is 678 g/mol. The molecule has 0 saturated carbocycles. The van der Waals surface area contributed by atoms with Crippen molar-refractivity contribution in [3.8, 4) is 5.75 Å². The quantitative estimate of drug-likeness (QED) is 0.103. The van der Waals surface area contributed by atoms with Crippen molar-refractivity contribution in [2.45, 2.75) is 67.2 Å². The molecule has 53 heavy (non-hydrogen) atoms. The number of ether oxygens (including phenoxy) is 1. The number of aryl methyl sites for hydroxylation is 5. The lowest BCUT2D eigenvalue weighted by Crippen LogP contribution is -2.22. The summed E-state index contributed by atoms with van der Waals surface area (Å²) in [7, 11) is 0. The molecule has 16 nitrogen and oxygen atoms in total. The summed E-state index contributed by atoms with van der Waals surface area (Å²) < 4.78 is 13.0. The summed E-state index contributed by atoms with van der Waals surface area (Å²) in [5, 5.41) is 18.2. The molecule has 2 aromatic carbocycles.